The van der Waals surface area contributed by atoms with E-state index in [1.54, 1.807) is 0 Å². The molecule has 5 nitrogen and oxygen atoms in total. The first-order chi connectivity index (χ1) is 21.3. The minimum Gasteiger partial charge on any atom is -0.456 e. The van der Waals surface area contributed by atoms with Gasteiger partial charge in [-0.05, 0) is 35.4 Å². The lowest BCUT2D eigenvalue weighted by molar-refractivity contribution is 0.668. The molecule has 0 amide bonds. The highest BCUT2D eigenvalue weighted by atomic mass is 16.3. The summed E-state index contributed by atoms with van der Waals surface area (Å²) in [6, 6.07) is 46.6. The maximum Gasteiger partial charge on any atom is 0.180 e. The lowest BCUT2D eigenvalue weighted by Crippen LogP contribution is -2.11. The van der Waals surface area contributed by atoms with Gasteiger partial charge in [-0.1, -0.05) is 115 Å². The Morgan fingerprint density at radius 1 is 0.488 bits per heavy atom. The van der Waals surface area contributed by atoms with Crippen LogP contribution in [0.5, 0.6) is 0 Å². The predicted molar refractivity (Wildman–Crippen MR) is 176 cm³/mol. The Morgan fingerprint density at radius 3 is 1.84 bits per heavy atom. The zero-order valence-electron chi connectivity index (χ0n) is 23.1. The van der Waals surface area contributed by atoms with Crippen molar-refractivity contribution in [1.82, 2.24) is 0 Å². The third-order valence-corrected chi connectivity index (χ3v) is 7.89. The molecule has 2 aromatic heterocycles. The van der Waals surface area contributed by atoms with Crippen LogP contribution in [0.15, 0.2) is 158 Å². The molecule has 0 unspecified atom stereocenters. The van der Waals surface area contributed by atoms with Crippen LogP contribution in [0.1, 0.15) is 16.7 Å². The molecule has 0 fully saturated rings. The second-order valence-electron chi connectivity index (χ2n) is 10.4. The van der Waals surface area contributed by atoms with Gasteiger partial charge in [-0.2, -0.15) is 5.10 Å². The topological polar surface area (TPSA) is 77.0 Å². The molecule has 0 saturated carbocycles. The molecule has 0 saturated heterocycles. The summed E-state index contributed by atoms with van der Waals surface area (Å²) in [5.41, 5.74) is 8.75. The highest BCUT2D eigenvalue weighted by Crippen LogP contribution is 2.39. The van der Waals surface area contributed by atoms with Gasteiger partial charge in [0.15, 0.2) is 5.84 Å². The summed E-state index contributed by atoms with van der Waals surface area (Å²) >= 11 is 0. The van der Waals surface area contributed by atoms with E-state index in [9.17, 15) is 0 Å². The lowest BCUT2D eigenvalue weighted by Gasteiger charge is -2.11. The van der Waals surface area contributed by atoms with Crippen LogP contribution in [0.3, 0.4) is 0 Å². The van der Waals surface area contributed by atoms with Crippen molar-refractivity contribution in [2.24, 2.45) is 15.9 Å². The van der Waals surface area contributed by atoms with Gasteiger partial charge in [-0.25, -0.2) is 4.99 Å². The van der Waals surface area contributed by atoms with E-state index in [1.165, 1.54) is 0 Å². The van der Waals surface area contributed by atoms with Gasteiger partial charge < -0.3 is 14.7 Å². The van der Waals surface area contributed by atoms with Crippen molar-refractivity contribution >= 4 is 55.4 Å². The van der Waals surface area contributed by atoms with Gasteiger partial charge in [0.1, 0.15) is 22.3 Å². The number of furan rings is 2. The number of fused-ring (bicyclic) bond motifs is 6. The van der Waals surface area contributed by atoms with E-state index in [0.29, 0.717) is 5.84 Å². The second-order valence-corrected chi connectivity index (χ2v) is 10.4. The number of nitrogens with zero attached hydrogens (tertiary/aromatic N) is 2. The number of benzene rings is 6. The summed E-state index contributed by atoms with van der Waals surface area (Å²) in [6.45, 7) is 0. The molecule has 0 aliphatic carbocycles. The summed E-state index contributed by atoms with van der Waals surface area (Å²) in [7, 11) is 0. The van der Waals surface area contributed by atoms with Gasteiger partial charge in [0.2, 0.25) is 0 Å². The van der Waals surface area contributed by atoms with E-state index in [4.69, 9.17) is 19.7 Å². The number of para-hydroxylation sites is 1. The molecule has 5 heteroatoms. The van der Waals surface area contributed by atoms with E-state index in [1.807, 2.05) is 97.1 Å². The predicted octanol–water partition coefficient (Wildman–Crippen LogP) is 9.31. The maximum atomic E-state index is 6.36. The molecule has 204 valence electrons. The number of rotatable bonds is 4. The van der Waals surface area contributed by atoms with Gasteiger partial charge in [-0.15, -0.1) is 0 Å². The molecule has 0 aliphatic heterocycles. The summed E-state index contributed by atoms with van der Waals surface area (Å²) in [5, 5.41) is 8.22. The molecular formula is C38H25N3O2. The number of hydrogen-bond donors (Lipinski definition) is 1. The molecule has 0 spiro atoms. The van der Waals surface area contributed by atoms with Crippen molar-refractivity contribution in [1.29, 1.82) is 0 Å². The van der Waals surface area contributed by atoms with E-state index in [0.717, 1.165) is 77.4 Å². The molecule has 0 aliphatic rings. The van der Waals surface area contributed by atoms with Crippen molar-refractivity contribution < 1.29 is 8.83 Å². The van der Waals surface area contributed by atoms with Gasteiger partial charge in [0.05, 0.1) is 5.71 Å². The minimum absolute atomic E-state index is 0.403. The summed E-state index contributed by atoms with van der Waals surface area (Å²) in [6.07, 6.45) is 0. The summed E-state index contributed by atoms with van der Waals surface area (Å²) in [5.74, 6) is 6.58. The molecule has 6 aromatic carbocycles. The number of amidine groups is 1. The smallest absolute Gasteiger partial charge is 0.180 e. The number of nitrogens with two attached hydrogens (primary N) is 1. The summed E-state index contributed by atoms with van der Waals surface area (Å²) < 4.78 is 12.6. The first kappa shape index (κ1) is 24.8. The summed E-state index contributed by atoms with van der Waals surface area (Å²) in [4.78, 5) is 5.24. The maximum absolute atomic E-state index is 6.36. The van der Waals surface area contributed by atoms with Crippen LogP contribution in [-0.4, -0.2) is 11.5 Å². The number of hydrogen-bond acceptors (Lipinski definition) is 4. The third-order valence-electron chi connectivity index (χ3n) is 7.89. The van der Waals surface area contributed by atoms with Crippen molar-refractivity contribution in [3.05, 3.63) is 156 Å². The van der Waals surface area contributed by atoms with Gasteiger partial charge in [-0.3, -0.25) is 0 Å². The first-order valence-corrected chi connectivity index (χ1v) is 14.1. The lowest BCUT2D eigenvalue weighted by atomic mass is 9.96. The Morgan fingerprint density at radius 2 is 1.07 bits per heavy atom. The fraction of sp³-hybridized carbons (Fsp3) is 0. The minimum atomic E-state index is 0.403. The molecular weight excluding hydrogens is 530 g/mol. The van der Waals surface area contributed by atoms with Crippen LogP contribution in [-0.2, 0) is 0 Å². The van der Waals surface area contributed by atoms with Crippen molar-refractivity contribution in [2.75, 3.05) is 0 Å². The normalized spacial score (nSPS) is 12.6. The molecule has 0 bridgehead atoms. The average molecular weight is 556 g/mol. The third kappa shape index (κ3) is 4.10. The molecule has 2 N–H and O–H groups in total. The van der Waals surface area contributed by atoms with E-state index < -0.39 is 0 Å². The van der Waals surface area contributed by atoms with Crippen LogP contribution in [0.25, 0.3) is 55.0 Å². The van der Waals surface area contributed by atoms with Crippen LogP contribution < -0.4 is 5.84 Å². The second kappa shape index (κ2) is 10.2. The Labute approximate surface area is 247 Å². The molecule has 43 heavy (non-hydrogen) atoms. The van der Waals surface area contributed by atoms with E-state index in [-0.39, 0.29) is 0 Å². The molecule has 8 rings (SSSR count). The van der Waals surface area contributed by atoms with Crippen LogP contribution in [0.2, 0.25) is 0 Å². The van der Waals surface area contributed by atoms with Gasteiger partial charge >= 0.3 is 0 Å². The van der Waals surface area contributed by atoms with Crippen LogP contribution in [0.4, 0.5) is 0 Å². The Balaban J connectivity index is 1.41. The number of hydrazone groups is 1. The largest absolute Gasteiger partial charge is 0.456 e. The van der Waals surface area contributed by atoms with Crippen LogP contribution >= 0.6 is 0 Å². The monoisotopic (exact) mass is 555 g/mol. The number of aliphatic imine (C=N–C) groups is 1. The fourth-order valence-corrected chi connectivity index (χ4v) is 6.02. The Hall–Kier alpha value is -5.94. The zero-order valence-corrected chi connectivity index (χ0v) is 23.1. The fourth-order valence-electron chi connectivity index (χ4n) is 6.02. The van der Waals surface area contributed by atoms with E-state index >= 15 is 0 Å². The zero-order chi connectivity index (χ0) is 28.8. The van der Waals surface area contributed by atoms with Crippen molar-refractivity contribution in [3.8, 4) is 11.1 Å². The SMILES string of the molecule is N/N=C(\N=C(\c1ccccc1)c1cccc2oc3ccccc3c12)c1cccc2oc3cccc(-c4ccccc4)c3c12. The highest BCUT2D eigenvalue weighted by molar-refractivity contribution is 6.29. The Bertz CT molecular complexity index is 2350. The molecule has 8 aromatic rings. The van der Waals surface area contributed by atoms with Gasteiger partial charge in [0, 0.05) is 38.2 Å². The average Bonchev–Trinajstić information content (AvgIpc) is 3.65. The standard InChI is InChI=1S/C38H25N3O2/c39-41-38(29-19-11-23-33-36(29)35-26(17-9-22-32(35)43-33)24-12-3-1-4-13-24)40-37(25-14-5-2-6-15-25)28-18-10-21-31-34(28)27-16-7-8-20-30(27)42-31/h1-23H,39H2/b40-37-,41-38-. The molecule has 0 atom stereocenters. The highest BCUT2D eigenvalue weighted by Gasteiger charge is 2.21. The van der Waals surface area contributed by atoms with Crippen molar-refractivity contribution in [3.63, 3.8) is 0 Å². The first-order valence-electron chi connectivity index (χ1n) is 14.1. The molecule has 2 heterocycles. The van der Waals surface area contributed by atoms with Gasteiger partial charge in [0.25, 0.3) is 0 Å². The Kier molecular flexibility index (Phi) is 5.86. The van der Waals surface area contributed by atoms with Crippen LogP contribution in [0, 0.1) is 0 Å². The van der Waals surface area contributed by atoms with Crippen molar-refractivity contribution in [2.45, 2.75) is 0 Å². The quantitative estimate of drug-likeness (QED) is 0.102. The molecule has 0 radical (unpaired) electrons. The van der Waals surface area contributed by atoms with E-state index in [2.05, 4.69) is 47.6 Å².